The van der Waals surface area contributed by atoms with E-state index in [1.54, 1.807) is 0 Å². The summed E-state index contributed by atoms with van der Waals surface area (Å²) >= 11 is 0. The van der Waals surface area contributed by atoms with Gasteiger partial charge in [0, 0.05) is 18.9 Å². The van der Waals surface area contributed by atoms with Crippen LogP contribution in [0.2, 0.25) is 0 Å². The highest BCUT2D eigenvalue weighted by Gasteiger charge is 2.19. The van der Waals surface area contributed by atoms with Crippen LogP contribution in [0.3, 0.4) is 0 Å². The van der Waals surface area contributed by atoms with Crippen LogP contribution in [0.25, 0.3) is 0 Å². The van der Waals surface area contributed by atoms with Gasteiger partial charge in [0.25, 0.3) is 0 Å². The first-order chi connectivity index (χ1) is 6.36. The van der Waals surface area contributed by atoms with Crippen LogP contribution in [0.4, 0.5) is 0 Å². The van der Waals surface area contributed by atoms with E-state index in [4.69, 9.17) is 15.9 Å². The number of nitrogens with one attached hydrogen (secondary N) is 1. The molecular formula is C10H17NO2. The molecule has 0 aliphatic carbocycles. The van der Waals surface area contributed by atoms with E-state index in [1.165, 1.54) is 0 Å². The van der Waals surface area contributed by atoms with E-state index >= 15 is 0 Å². The van der Waals surface area contributed by atoms with E-state index in [0.717, 1.165) is 32.5 Å². The van der Waals surface area contributed by atoms with Crippen molar-refractivity contribution in [1.82, 2.24) is 5.32 Å². The highest BCUT2D eigenvalue weighted by Crippen LogP contribution is 2.12. The van der Waals surface area contributed by atoms with Gasteiger partial charge in [-0.15, -0.1) is 12.3 Å². The van der Waals surface area contributed by atoms with Crippen LogP contribution in [0.1, 0.15) is 19.3 Å². The van der Waals surface area contributed by atoms with Gasteiger partial charge in [-0.05, 0) is 13.5 Å². The highest BCUT2D eigenvalue weighted by molar-refractivity contribution is 4.85. The molecule has 0 aromatic carbocycles. The van der Waals surface area contributed by atoms with Gasteiger partial charge in [0.2, 0.25) is 0 Å². The molecule has 74 valence electrons. The van der Waals surface area contributed by atoms with Crippen LogP contribution < -0.4 is 5.32 Å². The fourth-order valence-corrected chi connectivity index (χ4v) is 1.41. The number of ether oxygens (including phenoxy) is 2. The number of terminal acetylenes is 1. The molecular weight excluding hydrogens is 166 g/mol. The Kier molecular flexibility index (Phi) is 4.84. The van der Waals surface area contributed by atoms with Crippen LogP contribution in [0, 0.1) is 12.3 Å². The third-order valence-corrected chi connectivity index (χ3v) is 2.21. The molecule has 0 amide bonds. The molecule has 1 saturated heterocycles. The summed E-state index contributed by atoms with van der Waals surface area (Å²) in [4.78, 5) is 0. The molecule has 13 heavy (non-hydrogen) atoms. The van der Waals surface area contributed by atoms with Crippen LogP contribution in [-0.2, 0) is 9.47 Å². The van der Waals surface area contributed by atoms with Crippen molar-refractivity contribution in [3.8, 4) is 12.3 Å². The van der Waals surface area contributed by atoms with Crippen molar-refractivity contribution in [1.29, 1.82) is 0 Å². The Morgan fingerprint density at radius 2 is 2.23 bits per heavy atom. The molecule has 1 heterocycles. The Morgan fingerprint density at radius 1 is 1.54 bits per heavy atom. The third kappa shape index (κ3) is 3.77. The Hall–Kier alpha value is -0.560. The maximum atomic E-state index is 5.35. The maximum Gasteiger partial charge on any atom is 0.159 e. The summed E-state index contributed by atoms with van der Waals surface area (Å²) in [7, 11) is 1.94. The second-order valence-corrected chi connectivity index (χ2v) is 3.14. The zero-order valence-electron chi connectivity index (χ0n) is 8.08. The fourth-order valence-electron chi connectivity index (χ4n) is 1.41. The van der Waals surface area contributed by atoms with Crippen molar-refractivity contribution in [2.45, 2.75) is 31.6 Å². The minimum Gasteiger partial charge on any atom is -0.350 e. The summed E-state index contributed by atoms with van der Waals surface area (Å²) in [5, 5.41) is 3.21. The smallest absolute Gasteiger partial charge is 0.159 e. The Labute approximate surface area is 79.8 Å². The molecule has 1 unspecified atom stereocenters. The van der Waals surface area contributed by atoms with Crippen LogP contribution in [0.15, 0.2) is 0 Å². The quantitative estimate of drug-likeness (QED) is 0.638. The first kappa shape index (κ1) is 10.5. The number of rotatable bonds is 5. The molecule has 1 aliphatic rings. The normalized spacial score (nSPS) is 20.0. The molecule has 0 bridgehead atoms. The average molecular weight is 183 g/mol. The van der Waals surface area contributed by atoms with Gasteiger partial charge in [-0.3, -0.25) is 0 Å². The minimum absolute atomic E-state index is 0.0322. The average Bonchev–Trinajstić information content (AvgIpc) is 2.64. The van der Waals surface area contributed by atoms with Gasteiger partial charge in [-0.25, -0.2) is 0 Å². The van der Waals surface area contributed by atoms with Crippen LogP contribution >= 0.6 is 0 Å². The second kappa shape index (κ2) is 5.98. The van der Waals surface area contributed by atoms with E-state index < -0.39 is 0 Å². The summed E-state index contributed by atoms with van der Waals surface area (Å²) in [5.41, 5.74) is 0. The SMILES string of the molecule is C#CCCC(CC1OCCO1)NC. The van der Waals surface area contributed by atoms with E-state index in [9.17, 15) is 0 Å². The molecule has 0 aromatic heterocycles. The lowest BCUT2D eigenvalue weighted by Crippen LogP contribution is -2.30. The van der Waals surface area contributed by atoms with Crippen molar-refractivity contribution in [2.24, 2.45) is 0 Å². The summed E-state index contributed by atoms with van der Waals surface area (Å²) in [5.74, 6) is 2.64. The lowest BCUT2D eigenvalue weighted by molar-refractivity contribution is -0.0526. The van der Waals surface area contributed by atoms with Gasteiger partial charge in [-0.1, -0.05) is 0 Å². The highest BCUT2D eigenvalue weighted by atomic mass is 16.7. The molecule has 1 rings (SSSR count). The molecule has 1 N–H and O–H groups in total. The molecule has 3 heteroatoms. The Morgan fingerprint density at radius 3 is 2.77 bits per heavy atom. The number of hydrogen-bond acceptors (Lipinski definition) is 3. The van der Waals surface area contributed by atoms with Gasteiger partial charge in [0.1, 0.15) is 0 Å². The van der Waals surface area contributed by atoms with Crippen molar-refractivity contribution in [2.75, 3.05) is 20.3 Å². The second-order valence-electron chi connectivity index (χ2n) is 3.14. The van der Waals surface area contributed by atoms with E-state index in [1.807, 2.05) is 7.05 Å². The largest absolute Gasteiger partial charge is 0.350 e. The van der Waals surface area contributed by atoms with Gasteiger partial charge in [0.15, 0.2) is 6.29 Å². The summed E-state index contributed by atoms with van der Waals surface area (Å²) in [6.07, 6.45) is 7.84. The molecule has 1 atom stereocenters. The molecule has 0 spiro atoms. The van der Waals surface area contributed by atoms with Gasteiger partial charge < -0.3 is 14.8 Å². The topological polar surface area (TPSA) is 30.5 Å². The monoisotopic (exact) mass is 183 g/mol. The summed E-state index contributed by atoms with van der Waals surface area (Å²) in [6, 6.07) is 0.402. The van der Waals surface area contributed by atoms with Gasteiger partial charge in [0.05, 0.1) is 13.2 Å². The van der Waals surface area contributed by atoms with Crippen LogP contribution in [-0.4, -0.2) is 32.6 Å². The van der Waals surface area contributed by atoms with E-state index in [2.05, 4.69) is 11.2 Å². The van der Waals surface area contributed by atoms with Crippen molar-refractivity contribution in [3.63, 3.8) is 0 Å². The van der Waals surface area contributed by atoms with Crippen molar-refractivity contribution < 1.29 is 9.47 Å². The van der Waals surface area contributed by atoms with Crippen LogP contribution in [0.5, 0.6) is 0 Å². The predicted octanol–water partition coefficient (Wildman–Crippen LogP) is 0.751. The van der Waals surface area contributed by atoms with E-state index in [0.29, 0.717) is 6.04 Å². The molecule has 0 aromatic rings. The molecule has 1 fully saturated rings. The van der Waals surface area contributed by atoms with Gasteiger partial charge in [-0.2, -0.15) is 0 Å². The van der Waals surface area contributed by atoms with Crippen molar-refractivity contribution in [3.05, 3.63) is 0 Å². The lowest BCUT2D eigenvalue weighted by atomic mass is 10.1. The first-order valence-electron chi connectivity index (χ1n) is 4.70. The number of hydrogen-bond donors (Lipinski definition) is 1. The van der Waals surface area contributed by atoms with Gasteiger partial charge >= 0.3 is 0 Å². The Bertz CT molecular complexity index is 170. The molecule has 0 radical (unpaired) electrons. The van der Waals surface area contributed by atoms with Crippen molar-refractivity contribution >= 4 is 0 Å². The minimum atomic E-state index is -0.0322. The predicted molar refractivity (Wildman–Crippen MR) is 51.2 cm³/mol. The molecule has 1 aliphatic heterocycles. The fraction of sp³-hybridized carbons (Fsp3) is 0.800. The summed E-state index contributed by atoms with van der Waals surface area (Å²) in [6.45, 7) is 1.44. The molecule has 3 nitrogen and oxygen atoms in total. The maximum absolute atomic E-state index is 5.35. The molecule has 0 saturated carbocycles. The standard InChI is InChI=1S/C10H17NO2/c1-3-4-5-9(11-2)8-10-12-6-7-13-10/h1,9-11H,4-8H2,2H3. The third-order valence-electron chi connectivity index (χ3n) is 2.21. The Balaban J connectivity index is 2.18. The van der Waals surface area contributed by atoms with E-state index in [-0.39, 0.29) is 6.29 Å². The lowest BCUT2D eigenvalue weighted by Gasteiger charge is -2.18. The first-order valence-corrected chi connectivity index (χ1v) is 4.70. The zero-order valence-corrected chi connectivity index (χ0v) is 8.08. The summed E-state index contributed by atoms with van der Waals surface area (Å²) < 4.78 is 10.7. The zero-order chi connectivity index (χ0) is 9.52.